The van der Waals surface area contributed by atoms with Crippen molar-refractivity contribution in [1.29, 1.82) is 0 Å². The molecule has 0 radical (unpaired) electrons. The van der Waals surface area contributed by atoms with Gasteiger partial charge < -0.3 is 4.42 Å². The molecule has 5 heteroatoms. The van der Waals surface area contributed by atoms with Crippen molar-refractivity contribution < 1.29 is 4.42 Å². The molecule has 0 atom stereocenters. The van der Waals surface area contributed by atoms with Crippen molar-refractivity contribution in [2.24, 2.45) is 0 Å². The molecule has 11 aromatic rings. The summed E-state index contributed by atoms with van der Waals surface area (Å²) < 4.78 is 8.36. The number of fused-ring (bicyclic) bond motifs is 8. The molecule has 0 spiro atoms. The Bertz CT molecular complexity index is 3060. The Kier molecular flexibility index (Phi) is 5.05. The van der Waals surface area contributed by atoms with Crippen molar-refractivity contribution in [3.63, 3.8) is 0 Å². The highest BCUT2D eigenvalue weighted by Crippen LogP contribution is 2.45. The topological polar surface area (TPSA) is 56.7 Å². The average molecular weight is 613 g/mol. The summed E-state index contributed by atoms with van der Waals surface area (Å²) in [5.74, 6) is 1.82. The van der Waals surface area contributed by atoms with Crippen LogP contribution in [0.1, 0.15) is 0 Å². The normalized spacial score (nSPS) is 12.2. The van der Waals surface area contributed by atoms with E-state index in [-0.39, 0.29) is 0 Å². The SMILES string of the molecule is c1ccc(-c2nc(-c3ccc4oc5ccccc5c4c3)nc(-n3c4cccc5c6ccc7ccccc7c6c6cccc3c6c54)n2)cc1. The number of para-hydroxylation sites is 1. The predicted octanol–water partition coefficient (Wildman–Crippen LogP) is 11.1. The van der Waals surface area contributed by atoms with Gasteiger partial charge in [0.15, 0.2) is 11.6 Å². The summed E-state index contributed by atoms with van der Waals surface area (Å²) in [6.07, 6.45) is 0. The van der Waals surface area contributed by atoms with E-state index in [1.165, 1.54) is 43.1 Å². The molecular weight excluding hydrogens is 589 g/mol. The minimum absolute atomic E-state index is 0.584. The second kappa shape index (κ2) is 9.47. The summed E-state index contributed by atoms with van der Waals surface area (Å²) >= 11 is 0. The summed E-state index contributed by atoms with van der Waals surface area (Å²) in [5, 5.41) is 12.0. The van der Waals surface area contributed by atoms with E-state index >= 15 is 0 Å². The molecule has 48 heavy (non-hydrogen) atoms. The molecule has 0 aliphatic heterocycles. The molecule has 0 aliphatic rings. The van der Waals surface area contributed by atoms with Gasteiger partial charge in [0, 0.05) is 32.7 Å². The Hall–Kier alpha value is -6.59. The van der Waals surface area contributed by atoms with E-state index in [4.69, 9.17) is 19.4 Å². The first-order chi connectivity index (χ1) is 23.8. The van der Waals surface area contributed by atoms with E-state index in [1.807, 2.05) is 60.7 Å². The highest BCUT2D eigenvalue weighted by atomic mass is 16.3. The zero-order chi connectivity index (χ0) is 31.3. The van der Waals surface area contributed by atoms with Gasteiger partial charge in [0.05, 0.1) is 11.0 Å². The maximum absolute atomic E-state index is 6.14. The van der Waals surface area contributed by atoms with Gasteiger partial charge in [-0.1, -0.05) is 109 Å². The third-order valence-electron chi connectivity index (χ3n) is 9.80. The summed E-state index contributed by atoms with van der Waals surface area (Å²) in [6.45, 7) is 0. The zero-order valence-corrected chi connectivity index (χ0v) is 25.6. The number of benzene rings is 8. The van der Waals surface area contributed by atoms with E-state index in [0.29, 0.717) is 17.6 Å². The Morgan fingerprint density at radius 1 is 0.396 bits per heavy atom. The van der Waals surface area contributed by atoms with Crippen LogP contribution in [0.25, 0.3) is 105 Å². The fourth-order valence-electron chi connectivity index (χ4n) is 7.72. The van der Waals surface area contributed by atoms with Crippen molar-refractivity contribution in [3.8, 4) is 28.7 Å². The molecule has 0 aliphatic carbocycles. The zero-order valence-electron chi connectivity index (χ0n) is 25.6. The number of aromatic nitrogens is 4. The van der Waals surface area contributed by atoms with Gasteiger partial charge >= 0.3 is 0 Å². The monoisotopic (exact) mass is 612 g/mol. The van der Waals surface area contributed by atoms with Crippen molar-refractivity contribution in [2.75, 3.05) is 0 Å². The standard InChI is InChI=1S/C43H24N4O/c1-2-11-26(12-3-1)41-44-42(27-21-23-37-33(24-27)29-14-6-7-19-36(29)48-37)46-43(45-41)47-34-17-8-15-30-31-22-20-25-10-4-5-13-28(25)38(31)32-16-9-18-35(47)40(32)39(30)34/h1-24H. The minimum Gasteiger partial charge on any atom is -0.456 e. The van der Waals surface area contributed by atoms with Crippen LogP contribution in [0.15, 0.2) is 150 Å². The van der Waals surface area contributed by atoms with Crippen LogP contribution in [0.2, 0.25) is 0 Å². The molecule has 222 valence electrons. The van der Waals surface area contributed by atoms with Crippen LogP contribution < -0.4 is 0 Å². The molecule has 0 amide bonds. The molecule has 8 aromatic carbocycles. The van der Waals surface area contributed by atoms with Gasteiger partial charge in [0.2, 0.25) is 5.95 Å². The molecular formula is C43H24N4O. The van der Waals surface area contributed by atoms with Gasteiger partial charge in [-0.25, -0.2) is 4.98 Å². The molecule has 0 fully saturated rings. The van der Waals surface area contributed by atoms with Gasteiger partial charge in [0.1, 0.15) is 11.2 Å². The third kappa shape index (κ3) is 3.47. The van der Waals surface area contributed by atoms with E-state index in [0.717, 1.165) is 44.1 Å². The van der Waals surface area contributed by atoms with Crippen molar-refractivity contribution in [2.45, 2.75) is 0 Å². The summed E-state index contributed by atoms with van der Waals surface area (Å²) in [6, 6.07) is 50.8. The fraction of sp³-hybridized carbons (Fsp3) is 0. The number of hydrogen-bond donors (Lipinski definition) is 0. The largest absolute Gasteiger partial charge is 0.456 e. The molecule has 0 N–H and O–H groups in total. The lowest BCUT2D eigenvalue weighted by molar-refractivity contribution is 0.669. The molecule has 0 unspecified atom stereocenters. The lowest BCUT2D eigenvalue weighted by Gasteiger charge is -2.11. The van der Waals surface area contributed by atoms with E-state index in [2.05, 4.69) is 89.5 Å². The Labute approximate surface area is 273 Å². The van der Waals surface area contributed by atoms with Gasteiger partial charge in [-0.05, 0) is 68.7 Å². The van der Waals surface area contributed by atoms with Crippen LogP contribution in [0, 0.1) is 0 Å². The first-order valence-electron chi connectivity index (χ1n) is 16.1. The minimum atomic E-state index is 0.584. The van der Waals surface area contributed by atoms with Crippen molar-refractivity contribution in [3.05, 3.63) is 146 Å². The van der Waals surface area contributed by atoms with E-state index in [9.17, 15) is 0 Å². The van der Waals surface area contributed by atoms with Crippen LogP contribution in [0.3, 0.4) is 0 Å². The van der Waals surface area contributed by atoms with Crippen molar-refractivity contribution in [1.82, 2.24) is 19.5 Å². The molecule has 5 nitrogen and oxygen atoms in total. The Morgan fingerprint density at radius 3 is 1.90 bits per heavy atom. The molecule has 3 heterocycles. The number of furan rings is 1. The van der Waals surface area contributed by atoms with Crippen LogP contribution in [0.4, 0.5) is 0 Å². The van der Waals surface area contributed by atoms with Crippen LogP contribution in [0.5, 0.6) is 0 Å². The third-order valence-corrected chi connectivity index (χ3v) is 9.80. The average Bonchev–Trinajstić information content (AvgIpc) is 3.70. The van der Waals surface area contributed by atoms with Crippen LogP contribution in [-0.4, -0.2) is 19.5 Å². The second-order valence-electron chi connectivity index (χ2n) is 12.4. The highest BCUT2D eigenvalue weighted by Gasteiger charge is 2.23. The van der Waals surface area contributed by atoms with E-state index < -0.39 is 0 Å². The Morgan fingerprint density at radius 2 is 1.04 bits per heavy atom. The lowest BCUT2D eigenvalue weighted by atomic mass is 9.91. The molecule has 11 rings (SSSR count). The molecule has 0 bridgehead atoms. The Balaban J connectivity index is 1.25. The number of nitrogens with zero attached hydrogens (tertiary/aromatic N) is 4. The van der Waals surface area contributed by atoms with Crippen LogP contribution >= 0.6 is 0 Å². The maximum atomic E-state index is 6.14. The first-order valence-corrected chi connectivity index (χ1v) is 16.1. The smallest absolute Gasteiger partial charge is 0.238 e. The molecule has 0 saturated carbocycles. The van der Waals surface area contributed by atoms with E-state index in [1.54, 1.807) is 0 Å². The van der Waals surface area contributed by atoms with Gasteiger partial charge in [-0.15, -0.1) is 0 Å². The summed E-state index contributed by atoms with van der Waals surface area (Å²) in [7, 11) is 0. The predicted molar refractivity (Wildman–Crippen MR) is 196 cm³/mol. The molecule has 0 saturated heterocycles. The first kappa shape index (κ1) is 25.6. The fourth-order valence-corrected chi connectivity index (χ4v) is 7.72. The number of rotatable bonds is 3. The quantitative estimate of drug-likeness (QED) is 0.186. The highest BCUT2D eigenvalue weighted by molar-refractivity contribution is 6.37. The van der Waals surface area contributed by atoms with Gasteiger partial charge in [-0.3, -0.25) is 4.57 Å². The lowest BCUT2D eigenvalue weighted by Crippen LogP contribution is -2.06. The molecule has 3 aromatic heterocycles. The van der Waals surface area contributed by atoms with Crippen molar-refractivity contribution >= 4 is 76.1 Å². The number of hydrogen-bond acceptors (Lipinski definition) is 4. The summed E-state index contributed by atoms with van der Waals surface area (Å²) in [4.78, 5) is 15.5. The second-order valence-corrected chi connectivity index (χ2v) is 12.4. The maximum Gasteiger partial charge on any atom is 0.238 e. The van der Waals surface area contributed by atoms with Gasteiger partial charge in [0.25, 0.3) is 0 Å². The van der Waals surface area contributed by atoms with Gasteiger partial charge in [-0.2, -0.15) is 9.97 Å². The summed E-state index contributed by atoms with van der Waals surface area (Å²) in [5.41, 5.74) is 5.68. The van der Waals surface area contributed by atoms with Crippen LogP contribution in [-0.2, 0) is 0 Å².